The van der Waals surface area contributed by atoms with E-state index < -0.39 is 0 Å². The molecule has 1 aromatic rings. The molecule has 0 unspecified atom stereocenters. The van der Waals surface area contributed by atoms with Crippen LogP contribution in [0.4, 0.5) is 0 Å². The van der Waals surface area contributed by atoms with E-state index in [1.807, 2.05) is 4.90 Å². The van der Waals surface area contributed by atoms with Gasteiger partial charge in [0.05, 0.1) is 0 Å². The van der Waals surface area contributed by atoms with Gasteiger partial charge >= 0.3 is 0 Å². The minimum atomic E-state index is 0.107. The Balaban J connectivity index is 1.83. The Morgan fingerprint density at radius 2 is 2.21 bits per heavy atom. The van der Waals surface area contributed by atoms with Crippen LogP contribution in [-0.4, -0.2) is 40.1 Å². The van der Waals surface area contributed by atoms with E-state index >= 15 is 0 Å². The number of fused-ring (bicyclic) bond motifs is 1. The van der Waals surface area contributed by atoms with Crippen molar-refractivity contribution >= 4 is 5.91 Å². The van der Waals surface area contributed by atoms with E-state index in [1.54, 1.807) is 0 Å². The average Bonchev–Trinajstić information content (AvgIpc) is 3.08. The topological polar surface area (TPSA) is 61.0 Å². The van der Waals surface area contributed by atoms with E-state index in [2.05, 4.69) is 22.4 Å². The number of nitrogens with one attached hydrogen (secondary N) is 2. The first-order chi connectivity index (χ1) is 9.31. The summed E-state index contributed by atoms with van der Waals surface area (Å²) in [5.41, 5.74) is 2.84. The molecule has 19 heavy (non-hydrogen) atoms. The molecule has 1 aliphatic heterocycles. The maximum absolute atomic E-state index is 12.7. The maximum atomic E-state index is 12.7. The molecule has 3 rings (SSSR count). The van der Waals surface area contributed by atoms with Gasteiger partial charge in [-0.05, 0) is 19.8 Å². The Morgan fingerprint density at radius 1 is 1.42 bits per heavy atom. The lowest BCUT2D eigenvalue weighted by Crippen LogP contribution is -2.39. The zero-order valence-electron chi connectivity index (χ0n) is 11.5. The predicted octanol–water partition coefficient (Wildman–Crippen LogP) is 1.46. The van der Waals surface area contributed by atoms with Crippen LogP contribution in [0.5, 0.6) is 0 Å². The molecule has 0 spiro atoms. The summed E-state index contributed by atoms with van der Waals surface area (Å²) in [5, 5.41) is 10.6. The van der Waals surface area contributed by atoms with Gasteiger partial charge in [0.25, 0.3) is 5.91 Å². The van der Waals surface area contributed by atoms with Gasteiger partial charge in [-0.2, -0.15) is 5.10 Å². The second-order valence-electron chi connectivity index (χ2n) is 5.49. The van der Waals surface area contributed by atoms with Gasteiger partial charge in [0, 0.05) is 43.4 Å². The summed E-state index contributed by atoms with van der Waals surface area (Å²) in [6, 6.07) is 0.418. The molecule has 2 N–H and O–H groups in total. The summed E-state index contributed by atoms with van der Waals surface area (Å²) in [5.74, 6) is 0.107. The smallest absolute Gasteiger partial charge is 0.274 e. The van der Waals surface area contributed by atoms with Gasteiger partial charge in [-0.25, -0.2) is 0 Å². The van der Waals surface area contributed by atoms with Crippen molar-refractivity contribution in [3.05, 3.63) is 17.0 Å². The average molecular weight is 262 g/mol. The zero-order valence-corrected chi connectivity index (χ0v) is 11.5. The standard InChI is InChI=1S/C14H22N4O/c1-2-18(10-5-3-4-6-10)14(19)13-11-9-15-8-7-12(11)16-17-13/h10,15H,2-9H2,1H3,(H,16,17). The van der Waals surface area contributed by atoms with Crippen molar-refractivity contribution < 1.29 is 4.79 Å². The van der Waals surface area contributed by atoms with Crippen LogP contribution < -0.4 is 5.32 Å². The molecule has 0 bridgehead atoms. The maximum Gasteiger partial charge on any atom is 0.274 e. The van der Waals surface area contributed by atoms with Crippen LogP contribution in [0.3, 0.4) is 0 Å². The van der Waals surface area contributed by atoms with Crippen LogP contribution in [0.2, 0.25) is 0 Å². The number of carbonyl (C=O) groups is 1. The summed E-state index contributed by atoms with van der Waals surface area (Å²) in [4.78, 5) is 14.7. The number of aromatic nitrogens is 2. The van der Waals surface area contributed by atoms with Gasteiger partial charge < -0.3 is 10.2 Å². The van der Waals surface area contributed by atoms with E-state index in [4.69, 9.17) is 0 Å². The summed E-state index contributed by atoms with van der Waals surface area (Å²) >= 11 is 0. The van der Waals surface area contributed by atoms with Crippen LogP contribution in [0.1, 0.15) is 54.4 Å². The Bertz CT molecular complexity index is 462. The number of rotatable bonds is 3. The zero-order chi connectivity index (χ0) is 13.2. The summed E-state index contributed by atoms with van der Waals surface area (Å²) in [7, 11) is 0. The fourth-order valence-electron chi connectivity index (χ4n) is 3.32. The highest BCUT2D eigenvalue weighted by atomic mass is 16.2. The molecule has 1 amide bonds. The Labute approximate surface area is 113 Å². The van der Waals surface area contributed by atoms with Crippen LogP contribution in [-0.2, 0) is 13.0 Å². The second kappa shape index (κ2) is 5.33. The van der Waals surface area contributed by atoms with Gasteiger partial charge in [0.2, 0.25) is 0 Å². The van der Waals surface area contributed by atoms with Crippen molar-refractivity contribution in [2.45, 2.75) is 51.6 Å². The van der Waals surface area contributed by atoms with E-state index in [-0.39, 0.29) is 5.91 Å². The molecule has 5 heteroatoms. The molecule has 0 aromatic carbocycles. The van der Waals surface area contributed by atoms with Crippen LogP contribution >= 0.6 is 0 Å². The van der Waals surface area contributed by atoms with Crippen molar-refractivity contribution in [2.24, 2.45) is 0 Å². The number of carbonyl (C=O) groups excluding carboxylic acids is 1. The van der Waals surface area contributed by atoms with Crippen LogP contribution in [0, 0.1) is 0 Å². The first-order valence-electron chi connectivity index (χ1n) is 7.39. The number of nitrogens with zero attached hydrogens (tertiary/aromatic N) is 2. The fourth-order valence-corrected chi connectivity index (χ4v) is 3.32. The molecule has 1 fully saturated rings. The summed E-state index contributed by atoms with van der Waals surface area (Å²) in [6.45, 7) is 4.56. The molecule has 0 atom stereocenters. The quantitative estimate of drug-likeness (QED) is 0.867. The number of hydrogen-bond donors (Lipinski definition) is 2. The Kier molecular flexibility index (Phi) is 3.55. The summed E-state index contributed by atoms with van der Waals surface area (Å²) < 4.78 is 0. The number of H-pyrrole nitrogens is 1. The first kappa shape index (κ1) is 12.7. The Hall–Kier alpha value is -1.36. The molecule has 104 valence electrons. The van der Waals surface area contributed by atoms with E-state index in [9.17, 15) is 4.79 Å². The van der Waals surface area contributed by atoms with Gasteiger partial charge in [0.1, 0.15) is 0 Å². The van der Waals surface area contributed by atoms with E-state index in [1.165, 1.54) is 12.8 Å². The molecule has 1 aliphatic carbocycles. The third-order valence-corrected chi connectivity index (χ3v) is 4.38. The Morgan fingerprint density at radius 3 is 2.95 bits per heavy atom. The predicted molar refractivity (Wildman–Crippen MR) is 73.0 cm³/mol. The molecule has 2 aliphatic rings. The highest BCUT2D eigenvalue weighted by Crippen LogP contribution is 2.26. The molecular weight excluding hydrogens is 240 g/mol. The number of amides is 1. The first-order valence-corrected chi connectivity index (χ1v) is 7.39. The summed E-state index contributed by atoms with van der Waals surface area (Å²) in [6.07, 6.45) is 5.71. The largest absolute Gasteiger partial charge is 0.335 e. The van der Waals surface area contributed by atoms with Crippen molar-refractivity contribution in [3.8, 4) is 0 Å². The fraction of sp³-hybridized carbons (Fsp3) is 0.714. The van der Waals surface area contributed by atoms with Crippen LogP contribution in [0.15, 0.2) is 0 Å². The molecule has 1 saturated carbocycles. The van der Waals surface area contributed by atoms with Crippen molar-refractivity contribution in [1.82, 2.24) is 20.4 Å². The van der Waals surface area contributed by atoms with E-state index in [0.717, 1.165) is 50.2 Å². The third-order valence-electron chi connectivity index (χ3n) is 4.38. The molecule has 0 radical (unpaired) electrons. The molecule has 0 saturated heterocycles. The number of aromatic amines is 1. The van der Waals surface area contributed by atoms with Gasteiger partial charge in [-0.1, -0.05) is 12.8 Å². The lowest BCUT2D eigenvalue weighted by atomic mass is 10.1. The minimum absolute atomic E-state index is 0.107. The van der Waals surface area contributed by atoms with Gasteiger partial charge in [-0.3, -0.25) is 9.89 Å². The second-order valence-corrected chi connectivity index (χ2v) is 5.49. The number of hydrogen-bond acceptors (Lipinski definition) is 3. The van der Waals surface area contributed by atoms with E-state index in [0.29, 0.717) is 11.7 Å². The third kappa shape index (κ3) is 2.27. The molecule has 5 nitrogen and oxygen atoms in total. The monoisotopic (exact) mass is 262 g/mol. The van der Waals surface area contributed by atoms with Gasteiger partial charge in [-0.15, -0.1) is 0 Å². The SMILES string of the molecule is CCN(C(=O)c1n[nH]c2c1CNCC2)C1CCCC1. The minimum Gasteiger partial charge on any atom is -0.335 e. The van der Waals surface area contributed by atoms with Crippen molar-refractivity contribution in [2.75, 3.05) is 13.1 Å². The van der Waals surface area contributed by atoms with Crippen molar-refractivity contribution in [3.63, 3.8) is 0 Å². The molecular formula is C14H22N4O. The van der Waals surface area contributed by atoms with Crippen molar-refractivity contribution in [1.29, 1.82) is 0 Å². The molecule has 2 heterocycles. The van der Waals surface area contributed by atoms with Gasteiger partial charge in [0.15, 0.2) is 5.69 Å². The highest BCUT2D eigenvalue weighted by Gasteiger charge is 2.30. The lowest BCUT2D eigenvalue weighted by molar-refractivity contribution is 0.0686. The normalized spacial score (nSPS) is 19.4. The van der Waals surface area contributed by atoms with Crippen LogP contribution in [0.25, 0.3) is 0 Å². The lowest BCUT2D eigenvalue weighted by Gasteiger charge is -2.27. The highest BCUT2D eigenvalue weighted by molar-refractivity contribution is 5.94. The molecule has 1 aromatic heterocycles.